The monoisotopic (exact) mass is 335 g/mol. The van der Waals surface area contributed by atoms with Crippen LogP contribution in [0.2, 0.25) is 10.2 Å². The fraction of sp³-hybridized carbons (Fsp3) is 0.250. The fourth-order valence-electron chi connectivity index (χ4n) is 2.52. The summed E-state index contributed by atoms with van der Waals surface area (Å²) in [7, 11) is 0. The van der Waals surface area contributed by atoms with Crippen molar-refractivity contribution in [3.63, 3.8) is 0 Å². The number of benzene rings is 1. The lowest BCUT2D eigenvalue weighted by Crippen LogP contribution is -2.49. The van der Waals surface area contributed by atoms with Gasteiger partial charge in [0, 0.05) is 26.2 Å². The van der Waals surface area contributed by atoms with Crippen molar-refractivity contribution in [3.8, 4) is 0 Å². The highest BCUT2D eigenvalue weighted by Gasteiger charge is 2.24. The minimum atomic E-state index is -0.0238. The Morgan fingerprint density at radius 3 is 2.36 bits per heavy atom. The minimum Gasteiger partial charge on any atom is -0.353 e. The summed E-state index contributed by atoms with van der Waals surface area (Å²) in [5, 5.41) is 0.971. The van der Waals surface area contributed by atoms with Crippen molar-refractivity contribution >= 4 is 34.9 Å². The van der Waals surface area contributed by atoms with Gasteiger partial charge in [0.05, 0.1) is 10.6 Å². The quantitative estimate of drug-likeness (QED) is 0.789. The van der Waals surface area contributed by atoms with Crippen molar-refractivity contribution in [1.29, 1.82) is 0 Å². The number of pyridine rings is 1. The minimum absolute atomic E-state index is 0.0238. The lowest BCUT2D eigenvalue weighted by atomic mass is 10.2. The van der Waals surface area contributed by atoms with Gasteiger partial charge in [0.1, 0.15) is 11.0 Å². The van der Waals surface area contributed by atoms with E-state index in [2.05, 4.69) is 9.88 Å². The van der Waals surface area contributed by atoms with Crippen LogP contribution >= 0.6 is 23.2 Å². The van der Waals surface area contributed by atoms with Crippen LogP contribution in [0.15, 0.2) is 42.5 Å². The van der Waals surface area contributed by atoms with Crippen molar-refractivity contribution in [1.82, 2.24) is 9.88 Å². The van der Waals surface area contributed by atoms with Gasteiger partial charge in [-0.2, -0.15) is 0 Å². The molecule has 0 unspecified atom stereocenters. The highest BCUT2D eigenvalue weighted by molar-refractivity contribution is 6.33. The standard InChI is InChI=1S/C16H15Cl2N3O/c17-13-5-2-1-4-12(13)16(22)21-10-8-20(9-11-21)15-7-3-6-14(18)19-15/h1-7H,8-11H2. The van der Waals surface area contributed by atoms with Crippen molar-refractivity contribution in [2.75, 3.05) is 31.1 Å². The lowest BCUT2D eigenvalue weighted by molar-refractivity contribution is 0.0746. The number of aromatic nitrogens is 1. The SMILES string of the molecule is O=C(c1ccccc1Cl)N1CCN(c2cccc(Cl)n2)CC1. The van der Waals surface area contributed by atoms with E-state index in [4.69, 9.17) is 23.2 Å². The molecule has 1 aliphatic heterocycles. The molecule has 0 atom stereocenters. The third-order valence-electron chi connectivity index (χ3n) is 3.70. The zero-order valence-electron chi connectivity index (χ0n) is 11.9. The second kappa shape index (κ2) is 6.55. The number of nitrogens with zero attached hydrogens (tertiary/aromatic N) is 3. The first-order chi connectivity index (χ1) is 10.6. The molecule has 1 saturated heterocycles. The molecule has 0 aliphatic carbocycles. The zero-order chi connectivity index (χ0) is 15.5. The van der Waals surface area contributed by atoms with Crippen molar-refractivity contribution in [2.45, 2.75) is 0 Å². The Morgan fingerprint density at radius 2 is 1.68 bits per heavy atom. The van der Waals surface area contributed by atoms with Gasteiger partial charge in [-0.25, -0.2) is 4.98 Å². The molecule has 1 aromatic heterocycles. The van der Waals surface area contributed by atoms with E-state index in [1.165, 1.54) is 0 Å². The average Bonchev–Trinajstić information content (AvgIpc) is 2.55. The van der Waals surface area contributed by atoms with Crippen LogP contribution in [0, 0.1) is 0 Å². The Morgan fingerprint density at radius 1 is 0.955 bits per heavy atom. The van der Waals surface area contributed by atoms with Gasteiger partial charge in [0.2, 0.25) is 0 Å². The van der Waals surface area contributed by atoms with Crippen molar-refractivity contribution in [2.24, 2.45) is 0 Å². The molecule has 4 nitrogen and oxygen atoms in total. The summed E-state index contributed by atoms with van der Waals surface area (Å²) in [5.74, 6) is 0.821. The summed E-state index contributed by atoms with van der Waals surface area (Å²) in [5.41, 5.74) is 0.554. The molecule has 114 valence electrons. The van der Waals surface area contributed by atoms with Crippen LogP contribution < -0.4 is 4.90 Å². The molecular formula is C16H15Cl2N3O. The van der Waals surface area contributed by atoms with Crippen LogP contribution in [-0.4, -0.2) is 42.0 Å². The van der Waals surface area contributed by atoms with E-state index in [9.17, 15) is 4.79 Å². The Bertz CT molecular complexity index is 685. The van der Waals surface area contributed by atoms with Gasteiger partial charge in [-0.1, -0.05) is 41.4 Å². The third kappa shape index (κ3) is 3.18. The van der Waals surface area contributed by atoms with Crippen LogP contribution in [0.1, 0.15) is 10.4 Å². The molecule has 0 spiro atoms. The molecule has 2 heterocycles. The molecule has 1 fully saturated rings. The number of hydrogen-bond donors (Lipinski definition) is 0. The molecule has 22 heavy (non-hydrogen) atoms. The first-order valence-electron chi connectivity index (χ1n) is 7.06. The number of hydrogen-bond acceptors (Lipinski definition) is 3. The van der Waals surface area contributed by atoms with Crippen LogP contribution in [-0.2, 0) is 0 Å². The van der Waals surface area contributed by atoms with Crippen molar-refractivity contribution < 1.29 is 4.79 Å². The maximum atomic E-state index is 12.5. The summed E-state index contributed by atoms with van der Waals surface area (Å²) >= 11 is 12.0. The maximum absolute atomic E-state index is 12.5. The second-order valence-corrected chi connectivity index (χ2v) is 5.87. The van der Waals surface area contributed by atoms with Gasteiger partial charge in [0.25, 0.3) is 5.91 Å². The molecule has 0 N–H and O–H groups in total. The smallest absolute Gasteiger partial charge is 0.255 e. The van der Waals surface area contributed by atoms with Crippen LogP contribution in [0.3, 0.4) is 0 Å². The van der Waals surface area contributed by atoms with Crippen LogP contribution in [0.5, 0.6) is 0 Å². The Labute approximate surface area is 139 Å². The van der Waals surface area contributed by atoms with E-state index in [1.807, 2.05) is 29.2 Å². The third-order valence-corrected chi connectivity index (χ3v) is 4.24. The Kier molecular flexibility index (Phi) is 4.50. The molecule has 0 radical (unpaired) electrons. The molecule has 1 amide bonds. The molecule has 6 heteroatoms. The van der Waals surface area contributed by atoms with Crippen LogP contribution in [0.4, 0.5) is 5.82 Å². The number of carbonyl (C=O) groups is 1. The first kappa shape index (κ1) is 15.1. The molecule has 2 aromatic rings. The van der Waals surface area contributed by atoms with Gasteiger partial charge in [-0.3, -0.25) is 4.79 Å². The number of rotatable bonds is 2. The van der Waals surface area contributed by atoms with Gasteiger partial charge in [-0.15, -0.1) is 0 Å². The van der Waals surface area contributed by atoms with Gasteiger partial charge in [0.15, 0.2) is 0 Å². The number of halogens is 2. The highest BCUT2D eigenvalue weighted by atomic mass is 35.5. The summed E-state index contributed by atoms with van der Waals surface area (Å²) in [6.45, 7) is 2.73. The van der Waals surface area contributed by atoms with Gasteiger partial charge in [-0.05, 0) is 24.3 Å². The fourth-order valence-corrected chi connectivity index (χ4v) is 2.89. The molecular weight excluding hydrogens is 321 g/mol. The molecule has 3 rings (SSSR count). The normalized spacial score (nSPS) is 15.0. The average molecular weight is 336 g/mol. The number of carbonyl (C=O) groups excluding carboxylic acids is 1. The summed E-state index contributed by atoms with van der Waals surface area (Å²) in [4.78, 5) is 20.8. The highest BCUT2D eigenvalue weighted by Crippen LogP contribution is 2.20. The Balaban J connectivity index is 1.67. The first-order valence-corrected chi connectivity index (χ1v) is 7.82. The van der Waals surface area contributed by atoms with E-state index >= 15 is 0 Å². The molecule has 1 aromatic carbocycles. The van der Waals surface area contributed by atoms with Gasteiger partial charge >= 0.3 is 0 Å². The molecule has 1 aliphatic rings. The zero-order valence-corrected chi connectivity index (χ0v) is 13.4. The Hall–Kier alpha value is -1.78. The summed E-state index contributed by atoms with van der Waals surface area (Å²) in [6.07, 6.45) is 0. The van der Waals surface area contributed by atoms with E-state index in [0.717, 1.165) is 18.9 Å². The van der Waals surface area contributed by atoms with Crippen LogP contribution in [0.25, 0.3) is 0 Å². The second-order valence-electron chi connectivity index (χ2n) is 5.08. The van der Waals surface area contributed by atoms with E-state index < -0.39 is 0 Å². The van der Waals surface area contributed by atoms with E-state index in [0.29, 0.717) is 28.8 Å². The number of amides is 1. The summed E-state index contributed by atoms with van der Waals surface area (Å²) < 4.78 is 0. The van der Waals surface area contributed by atoms with Crippen molar-refractivity contribution in [3.05, 3.63) is 58.2 Å². The predicted octanol–water partition coefficient (Wildman–Crippen LogP) is 3.35. The topological polar surface area (TPSA) is 36.4 Å². The largest absolute Gasteiger partial charge is 0.353 e. The predicted molar refractivity (Wildman–Crippen MR) is 88.8 cm³/mol. The van der Waals surface area contributed by atoms with E-state index in [-0.39, 0.29) is 5.91 Å². The lowest BCUT2D eigenvalue weighted by Gasteiger charge is -2.35. The summed E-state index contributed by atoms with van der Waals surface area (Å²) in [6, 6.07) is 12.7. The number of piperazine rings is 1. The van der Waals surface area contributed by atoms with E-state index in [1.54, 1.807) is 18.2 Å². The molecule has 0 bridgehead atoms. The van der Waals surface area contributed by atoms with Gasteiger partial charge < -0.3 is 9.80 Å². The molecule has 0 saturated carbocycles. The number of anilines is 1. The maximum Gasteiger partial charge on any atom is 0.255 e.